The van der Waals surface area contributed by atoms with Crippen LogP contribution in [0.25, 0.3) is 0 Å². The van der Waals surface area contributed by atoms with Crippen molar-refractivity contribution in [1.82, 2.24) is 10.2 Å². The first kappa shape index (κ1) is 15.4. The fraction of sp³-hybridized carbons (Fsp3) is 0.929. The van der Waals surface area contributed by atoms with E-state index in [1.165, 1.54) is 12.8 Å². The standard InChI is InChI=1S/C14H28N2O2/c1-5-15-14(4,13(17)18)8-9-16-10-11(2)6-7-12(16)3/h11-12,15H,5-10H2,1-4H3,(H,17,18). The lowest BCUT2D eigenvalue weighted by Crippen LogP contribution is -2.52. The molecule has 0 amide bonds. The van der Waals surface area contributed by atoms with Gasteiger partial charge in [-0.1, -0.05) is 13.8 Å². The summed E-state index contributed by atoms with van der Waals surface area (Å²) in [5.41, 5.74) is -0.796. The summed E-state index contributed by atoms with van der Waals surface area (Å²) in [7, 11) is 0. The molecule has 4 nitrogen and oxygen atoms in total. The average molecular weight is 256 g/mol. The Kier molecular flexibility index (Phi) is 5.60. The Morgan fingerprint density at radius 2 is 2.11 bits per heavy atom. The predicted octanol–water partition coefficient (Wildman–Crippen LogP) is 1.95. The summed E-state index contributed by atoms with van der Waals surface area (Å²) < 4.78 is 0. The molecule has 18 heavy (non-hydrogen) atoms. The zero-order valence-electron chi connectivity index (χ0n) is 12.2. The molecule has 0 aromatic heterocycles. The van der Waals surface area contributed by atoms with Gasteiger partial charge in [0, 0.05) is 19.1 Å². The summed E-state index contributed by atoms with van der Waals surface area (Å²) in [6.07, 6.45) is 3.18. The third-order valence-corrected chi connectivity index (χ3v) is 4.18. The number of nitrogens with one attached hydrogen (secondary N) is 1. The number of carboxylic acids is 1. The number of hydrogen-bond acceptors (Lipinski definition) is 3. The van der Waals surface area contributed by atoms with Crippen molar-refractivity contribution in [2.45, 2.75) is 58.5 Å². The second kappa shape index (κ2) is 6.53. The van der Waals surface area contributed by atoms with Crippen LogP contribution in [0.4, 0.5) is 0 Å². The Labute approximate surface area is 111 Å². The van der Waals surface area contributed by atoms with Gasteiger partial charge in [-0.3, -0.25) is 4.79 Å². The predicted molar refractivity (Wildman–Crippen MR) is 73.8 cm³/mol. The minimum Gasteiger partial charge on any atom is -0.480 e. The highest BCUT2D eigenvalue weighted by Gasteiger charge is 2.33. The molecule has 3 unspecified atom stereocenters. The highest BCUT2D eigenvalue weighted by Crippen LogP contribution is 2.22. The maximum Gasteiger partial charge on any atom is 0.323 e. The molecule has 0 aromatic carbocycles. The fourth-order valence-electron chi connectivity index (χ4n) is 2.72. The molecule has 3 atom stereocenters. The minimum atomic E-state index is -0.796. The number of piperidine rings is 1. The quantitative estimate of drug-likeness (QED) is 0.762. The molecule has 0 saturated carbocycles. The number of hydrogen-bond donors (Lipinski definition) is 2. The first-order valence-electron chi connectivity index (χ1n) is 7.11. The SMILES string of the molecule is CCNC(C)(CCN1CC(C)CCC1C)C(=O)O. The van der Waals surface area contributed by atoms with Gasteiger partial charge >= 0.3 is 5.97 Å². The van der Waals surface area contributed by atoms with Crippen LogP contribution in [0.1, 0.15) is 47.0 Å². The molecular weight excluding hydrogens is 228 g/mol. The van der Waals surface area contributed by atoms with Gasteiger partial charge in [-0.15, -0.1) is 0 Å². The van der Waals surface area contributed by atoms with Crippen LogP contribution in [0.2, 0.25) is 0 Å². The zero-order valence-corrected chi connectivity index (χ0v) is 12.2. The van der Waals surface area contributed by atoms with Gasteiger partial charge in [0.05, 0.1) is 0 Å². The molecule has 4 heteroatoms. The van der Waals surface area contributed by atoms with Crippen molar-refractivity contribution in [1.29, 1.82) is 0 Å². The molecule has 1 fully saturated rings. The lowest BCUT2D eigenvalue weighted by molar-refractivity contribution is -0.144. The van der Waals surface area contributed by atoms with Crippen LogP contribution in [-0.2, 0) is 4.79 Å². The van der Waals surface area contributed by atoms with E-state index in [9.17, 15) is 9.90 Å². The number of rotatable bonds is 6. The van der Waals surface area contributed by atoms with Crippen molar-refractivity contribution >= 4 is 5.97 Å². The van der Waals surface area contributed by atoms with Gasteiger partial charge in [0.15, 0.2) is 0 Å². The molecule has 0 aromatic rings. The number of carbonyl (C=O) groups is 1. The van der Waals surface area contributed by atoms with E-state index < -0.39 is 11.5 Å². The molecule has 0 radical (unpaired) electrons. The summed E-state index contributed by atoms with van der Waals surface area (Å²) in [4.78, 5) is 13.8. The molecule has 1 rings (SSSR count). The normalized spacial score (nSPS) is 28.9. The molecule has 1 aliphatic rings. The number of nitrogens with zero attached hydrogens (tertiary/aromatic N) is 1. The van der Waals surface area contributed by atoms with Crippen LogP contribution < -0.4 is 5.32 Å². The van der Waals surface area contributed by atoms with Crippen molar-refractivity contribution in [3.05, 3.63) is 0 Å². The Morgan fingerprint density at radius 1 is 1.44 bits per heavy atom. The molecule has 1 heterocycles. The lowest BCUT2D eigenvalue weighted by atomic mass is 9.92. The van der Waals surface area contributed by atoms with Gasteiger partial charge in [-0.05, 0) is 45.6 Å². The largest absolute Gasteiger partial charge is 0.480 e. The minimum absolute atomic E-state index is 0.584. The summed E-state index contributed by atoms with van der Waals surface area (Å²) >= 11 is 0. The van der Waals surface area contributed by atoms with Crippen LogP contribution in [0.15, 0.2) is 0 Å². The number of carboxylic acid groups (broad SMARTS) is 1. The van der Waals surface area contributed by atoms with Crippen LogP contribution >= 0.6 is 0 Å². The van der Waals surface area contributed by atoms with E-state index in [0.29, 0.717) is 19.0 Å². The van der Waals surface area contributed by atoms with Gasteiger partial charge in [0.2, 0.25) is 0 Å². The van der Waals surface area contributed by atoms with Crippen molar-refractivity contribution < 1.29 is 9.90 Å². The molecule has 1 saturated heterocycles. The van der Waals surface area contributed by atoms with Crippen LogP contribution in [0, 0.1) is 5.92 Å². The third-order valence-electron chi connectivity index (χ3n) is 4.18. The Hall–Kier alpha value is -0.610. The molecule has 1 aliphatic heterocycles. The van der Waals surface area contributed by atoms with E-state index >= 15 is 0 Å². The third kappa shape index (κ3) is 3.95. The highest BCUT2D eigenvalue weighted by atomic mass is 16.4. The number of likely N-dealkylation sites (tertiary alicyclic amines) is 1. The van der Waals surface area contributed by atoms with Crippen LogP contribution in [-0.4, -0.2) is 47.2 Å². The van der Waals surface area contributed by atoms with Gasteiger partial charge in [0.25, 0.3) is 0 Å². The molecule has 0 spiro atoms. The Morgan fingerprint density at radius 3 is 2.67 bits per heavy atom. The summed E-state index contributed by atoms with van der Waals surface area (Å²) in [6.45, 7) is 10.9. The van der Waals surface area contributed by atoms with E-state index in [1.807, 2.05) is 6.92 Å². The lowest BCUT2D eigenvalue weighted by Gasteiger charge is -2.38. The summed E-state index contributed by atoms with van der Waals surface area (Å²) in [5.74, 6) is -0.0153. The monoisotopic (exact) mass is 256 g/mol. The van der Waals surface area contributed by atoms with E-state index in [2.05, 4.69) is 24.1 Å². The first-order valence-corrected chi connectivity index (χ1v) is 7.11. The van der Waals surface area contributed by atoms with E-state index in [1.54, 1.807) is 6.92 Å². The molecular formula is C14H28N2O2. The zero-order chi connectivity index (χ0) is 13.8. The highest BCUT2D eigenvalue weighted by molar-refractivity contribution is 5.78. The van der Waals surface area contributed by atoms with Gasteiger partial charge < -0.3 is 15.3 Å². The van der Waals surface area contributed by atoms with Crippen LogP contribution in [0.3, 0.4) is 0 Å². The van der Waals surface area contributed by atoms with E-state index in [4.69, 9.17) is 0 Å². The van der Waals surface area contributed by atoms with Gasteiger partial charge in [-0.25, -0.2) is 0 Å². The van der Waals surface area contributed by atoms with E-state index in [0.717, 1.165) is 19.0 Å². The molecule has 0 bridgehead atoms. The van der Waals surface area contributed by atoms with Crippen molar-refractivity contribution in [2.75, 3.05) is 19.6 Å². The Balaban J connectivity index is 2.53. The van der Waals surface area contributed by atoms with Crippen molar-refractivity contribution in [3.63, 3.8) is 0 Å². The first-order chi connectivity index (χ1) is 8.39. The topological polar surface area (TPSA) is 52.6 Å². The maximum atomic E-state index is 11.3. The molecule has 2 N–H and O–H groups in total. The summed E-state index contributed by atoms with van der Waals surface area (Å²) in [5, 5.41) is 12.4. The molecule has 106 valence electrons. The van der Waals surface area contributed by atoms with Gasteiger partial charge in [-0.2, -0.15) is 0 Å². The summed E-state index contributed by atoms with van der Waals surface area (Å²) in [6, 6.07) is 0.584. The Bertz CT molecular complexity index is 283. The van der Waals surface area contributed by atoms with Crippen LogP contribution in [0.5, 0.6) is 0 Å². The van der Waals surface area contributed by atoms with Crippen molar-refractivity contribution in [2.24, 2.45) is 5.92 Å². The fourth-order valence-corrected chi connectivity index (χ4v) is 2.72. The second-order valence-electron chi connectivity index (χ2n) is 5.94. The second-order valence-corrected chi connectivity index (χ2v) is 5.94. The van der Waals surface area contributed by atoms with E-state index in [-0.39, 0.29) is 0 Å². The number of likely N-dealkylation sites (N-methyl/N-ethyl adjacent to an activating group) is 1. The molecule has 0 aliphatic carbocycles. The number of aliphatic carboxylic acids is 1. The van der Waals surface area contributed by atoms with Crippen molar-refractivity contribution in [3.8, 4) is 0 Å². The van der Waals surface area contributed by atoms with Gasteiger partial charge in [0.1, 0.15) is 5.54 Å². The average Bonchev–Trinajstić information content (AvgIpc) is 2.30. The smallest absolute Gasteiger partial charge is 0.323 e. The maximum absolute atomic E-state index is 11.3.